The molecular weight excluding hydrogens is 196 g/mol. The molecule has 6 heteroatoms. The Morgan fingerprint density at radius 3 is 2.85 bits per heavy atom. The minimum atomic E-state index is -2.52. The number of carbonyl (C=O) groups excluding carboxylic acids is 1. The van der Waals surface area contributed by atoms with Crippen molar-refractivity contribution in [3.05, 3.63) is 12.7 Å². The molecule has 0 heterocycles. The first-order valence-electron chi connectivity index (χ1n) is 3.62. The van der Waals surface area contributed by atoms with E-state index < -0.39 is 23.4 Å². The monoisotopic (exact) mass is 207 g/mol. The van der Waals surface area contributed by atoms with Gasteiger partial charge in [-0.3, -0.25) is 4.18 Å². The summed E-state index contributed by atoms with van der Waals surface area (Å²) in [5.74, 6) is -0.532. The van der Waals surface area contributed by atoms with Gasteiger partial charge in [0.25, 0.3) is 0 Å². The van der Waals surface area contributed by atoms with E-state index in [1.807, 2.05) is 0 Å². The van der Waals surface area contributed by atoms with E-state index in [-0.39, 0.29) is 6.61 Å². The maximum absolute atomic E-state index is 10.5. The highest BCUT2D eigenvalue weighted by Gasteiger charge is 2.03. The van der Waals surface area contributed by atoms with Crippen molar-refractivity contribution >= 4 is 17.3 Å². The third-order valence-corrected chi connectivity index (χ3v) is 1.66. The smallest absolute Gasteiger partial charge is 0.330 e. The molecule has 0 aliphatic rings. The molecule has 0 spiro atoms. The third-order valence-electron chi connectivity index (χ3n) is 1.18. The normalized spacial score (nSPS) is 14.6. The molecule has 0 fully saturated rings. The van der Waals surface area contributed by atoms with Crippen molar-refractivity contribution in [3.8, 4) is 0 Å². The first-order chi connectivity index (χ1) is 6.06. The fraction of sp³-hybridized carbons (Fsp3) is 0.571. The van der Waals surface area contributed by atoms with Gasteiger partial charge in [-0.1, -0.05) is 6.58 Å². The number of rotatable bonds is 6. The zero-order valence-electron chi connectivity index (χ0n) is 7.23. The van der Waals surface area contributed by atoms with Crippen molar-refractivity contribution in [2.24, 2.45) is 0 Å². The summed E-state index contributed by atoms with van der Waals surface area (Å²) in [6.45, 7) is 4.88. The van der Waals surface area contributed by atoms with Crippen LogP contribution in [-0.4, -0.2) is 27.4 Å². The van der Waals surface area contributed by atoms with Gasteiger partial charge < -0.3 is 9.29 Å². The molecule has 13 heavy (non-hydrogen) atoms. The van der Waals surface area contributed by atoms with Crippen LogP contribution in [0.4, 0.5) is 0 Å². The van der Waals surface area contributed by atoms with Crippen LogP contribution < -0.4 is 0 Å². The predicted molar refractivity (Wildman–Crippen MR) is 45.2 cm³/mol. The van der Waals surface area contributed by atoms with Crippen LogP contribution in [0.15, 0.2) is 12.7 Å². The van der Waals surface area contributed by atoms with Crippen LogP contribution in [0.3, 0.4) is 0 Å². The van der Waals surface area contributed by atoms with Crippen molar-refractivity contribution in [1.29, 1.82) is 0 Å². The minimum Gasteiger partial charge on any atom is -0.750 e. The van der Waals surface area contributed by atoms with Crippen LogP contribution in [0.5, 0.6) is 0 Å². The highest BCUT2D eigenvalue weighted by Crippen LogP contribution is 1.99. The first kappa shape index (κ1) is 12.3. The van der Waals surface area contributed by atoms with Crippen LogP contribution in [0, 0.1) is 0 Å². The topological polar surface area (TPSA) is 75.7 Å². The van der Waals surface area contributed by atoms with Gasteiger partial charge >= 0.3 is 5.97 Å². The van der Waals surface area contributed by atoms with Gasteiger partial charge in [-0.15, -0.1) is 0 Å². The molecule has 0 radical (unpaired) electrons. The first-order valence-corrected chi connectivity index (χ1v) is 4.62. The Kier molecular flexibility index (Phi) is 6.38. The molecule has 0 aliphatic heterocycles. The van der Waals surface area contributed by atoms with Gasteiger partial charge in [0.1, 0.15) is 0 Å². The van der Waals surface area contributed by atoms with Gasteiger partial charge in [0.2, 0.25) is 0 Å². The van der Waals surface area contributed by atoms with Gasteiger partial charge in [-0.2, -0.15) is 0 Å². The Bertz CT molecular complexity index is 203. The molecule has 0 saturated heterocycles. The Hall–Kier alpha value is -0.720. The average molecular weight is 207 g/mol. The average Bonchev–Trinajstić information content (AvgIpc) is 2.02. The highest BCUT2D eigenvalue weighted by molar-refractivity contribution is 7.74. The fourth-order valence-electron chi connectivity index (χ4n) is 0.567. The molecule has 2 unspecified atom stereocenters. The zero-order chi connectivity index (χ0) is 10.3. The molecule has 0 aromatic carbocycles. The molecular formula is C7H11O5S-. The molecule has 0 bridgehead atoms. The van der Waals surface area contributed by atoms with E-state index in [0.29, 0.717) is 6.42 Å². The second-order valence-electron chi connectivity index (χ2n) is 2.27. The van der Waals surface area contributed by atoms with E-state index in [1.54, 1.807) is 6.92 Å². The van der Waals surface area contributed by atoms with Gasteiger partial charge in [0, 0.05) is 12.5 Å². The Balaban J connectivity index is 3.47. The molecule has 0 aromatic heterocycles. The maximum Gasteiger partial charge on any atom is 0.330 e. The van der Waals surface area contributed by atoms with Gasteiger partial charge in [0.05, 0.1) is 24.1 Å². The summed E-state index contributed by atoms with van der Waals surface area (Å²) in [4.78, 5) is 10.5. The summed E-state index contributed by atoms with van der Waals surface area (Å²) in [7, 11) is 0. The predicted octanol–water partition coefficient (Wildman–Crippen LogP) is 0.305. The van der Waals surface area contributed by atoms with Gasteiger partial charge in [-0.25, -0.2) is 9.00 Å². The van der Waals surface area contributed by atoms with Crippen LogP contribution in [0.25, 0.3) is 0 Å². The number of esters is 1. The summed E-state index contributed by atoms with van der Waals surface area (Å²) < 4.78 is 29.0. The lowest BCUT2D eigenvalue weighted by Gasteiger charge is -2.13. The third kappa shape index (κ3) is 7.63. The molecule has 5 nitrogen and oxygen atoms in total. The Labute approximate surface area is 79.2 Å². The van der Waals surface area contributed by atoms with E-state index in [2.05, 4.69) is 15.5 Å². The SMILES string of the molecule is C=CC(=O)OCCC(C)OS(=O)[O-]. The second-order valence-corrected chi connectivity index (χ2v) is 2.87. The lowest BCUT2D eigenvalue weighted by molar-refractivity contribution is -0.138. The molecule has 2 atom stereocenters. The molecule has 0 saturated carbocycles. The lowest BCUT2D eigenvalue weighted by Crippen LogP contribution is -2.14. The standard InChI is InChI=1S/C7H12O5S/c1-3-7(8)11-5-4-6(2)12-13(9)10/h3,6H,1,4-5H2,2H3,(H,9,10)/p-1. The van der Waals surface area contributed by atoms with Gasteiger partial charge in [-0.05, 0) is 6.92 Å². The van der Waals surface area contributed by atoms with Crippen molar-refractivity contribution in [3.63, 3.8) is 0 Å². The number of hydrogen-bond acceptors (Lipinski definition) is 5. The summed E-state index contributed by atoms with van der Waals surface area (Å²) in [6.07, 6.45) is 0.876. The van der Waals surface area contributed by atoms with Crippen LogP contribution in [0.2, 0.25) is 0 Å². The molecule has 0 N–H and O–H groups in total. The van der Waals surface area contributed by atoms with Crippen molar-refractivity contribution < 1.29 is 22.5 Å². The quantitative estimate of drug-likeness (QED) is 0.356. The van der Waals surface area contributed by atoms with Crippen molar-refractivity contribution in [1.82, 2.24) is 0 Å². The molecule has 0 rings (SSSR count). The van der Waals surface area contributed by atoms with Crippen LogP contribution >= 0.6 is 0 Å². The molecule has 0 aliphatic carbocycles. The van der Waals surface area contributed by atoms with Crippen LogP contribution in [0.1, 0.15) is 13.3 Å². The molecule has 0 aromatic rings. The number of ether oxygens (including phenoxy) is 1. The van der Waals surface area contributed by atoms with E-state index in [1.165, 1.54) is 0 Å². The summed E-state index contributed by atoms with van der Waals surface area (Å²) >= 11 is -2.52. The number of carbonyl (C=O) groups is 1. The number of hydrogen-bond donors (Lipinski definition) is 0. The van der Waals surface area contributed by atoms with Crippen molar-refractivity contribution in [2.75, 3.05) is 6.61 Å². The molecule has 76 valence electrons. The summed E-state index contributed by atoms with van der Waals surface area (Å²) in [5.41, 5.74) is 0. The highest BCUT2D eigenvalue weighted by atomic mass is 32.2. The molecule has 0 amide bonds. The van der Waals surface area contributed by atoms with Crippen LogP contribution in [-0.2, 0) is 25.1 Å². The van der Waals surface area contributed by atoms with E-state index in [4.69, 9.17) is 0 Å². The summed E-state index contributed by atoms with van der Waals surface area (Å²) in [5, 5.41) is 0. The van der Waals surface area contributed by atoms with E-state index in [0.717, 1.165) is 6.08 Å². The summed E-state index contributed by atoms with van der Waals surface area (Å²) in [6, 6.07) is 0. The Morgan fingerprint density at radius 2 is 2.38 bits per heavy atom. The minimum absolute atomic E-state index is 0.114. The van der Waals surface area contributed by atoms with E-state index in [9.17, 15) is 13.6 Å². The van der Waals surface area contributed by atoms with Gasteiger partial charge in [0.15, 0.2) is 0 Å². The zero-order valence-corrected chi connectivity index (χ0v) is 8.04. The second kappa shape index (κ2) is 6.76. The largest absolute Gasteiger partial charge is 0.750 e. The van der Waals surface area contributed by atoms with Crippen molar-refractivity contribution in [2.45, 2.75) is 19.4 Å². The maximum atomic E-state index is 10.5. The van der Waals surface area contributed by atoms with E-state index >= 15 is 0 Å². The lowest BCUT2D eigenvalue weighted by atomic mass is 10.3. The fourth-order valence-corrected chi connectivity index (χ4v) is 0.931. The Morgan fingerprint density at radius 1 is 1.77 bits per heavy atom.